The molecule has 0 aliphatic rings. The number of benzene rings is 1. The zero-order valence-electron chi connectivity index (χ0n) is 17.3. The van der Waals surface area contributed by atoms with Crippen LogP contribution < -0.4 is 0 Å². The first kappa shape index (κ1) is 24.2. The van der Waals surface area contributed by atoms with Gasteiger partial charge in [-0.25, -0.2) is 9.59 Å². The van der Waals surface area contributed by atoms with Crippen molar-refractivity contribution in [3.8, 4) is 0 Å². The monoisotopic (exact) mass is 364 g/mol. The van der Waals surface area contributed by atoms with E-state index >= 15 is 0 Å². The molecule has 0 aliphatic heterocycles. The van der Waals surface area contributed by atoms with Crippen molar-refractivity contribution in [3.05, 3.63) is 35.4 Å². The standard InChI is InChI=1S/C16H22O4.C6H14/c1-11(2)9-19-15(17)13-7-5-6-8-14(13)16(18)20-10-12(3)4;1-3-5-6-4-2/h5-8,11-12H,9-10H2,1-4H3;3-6H2,1-2H3. The highest BCUT2D eigenvalue weighted by Gasteiger charge is 2.19. The molecule has 0 aromatic heterocycles. The van der Waals surface area contributed by atoms with E-state index in [9.17, 15) is 9.59 Å². The van der Waals surface area contributed by atoms with Crippen LogP contribution in [0, 0.1) is 11.8 Å². The van der Waals surface area contributed by atoms with Gasteiger partial charge >= 0.3 is 11.9 Å². The van der Waals surface area contributed by atoms with Crippen LogP contribution in [0.4, 0.5) is 0 Å². The van der Waals surface area contributed by atoms with Crippen molar-refractivity contribution in [1.29, 1.82) is 0 Å². The van der Waals surface area contributed by atoms with Crippen molar-refractivity contribution in [2.75, 3.05) is 13.2 Å². The first-order valence-corrected chi connectivity index (χ1v) is 9.76. The number of unbranched alkanes of at least 4 members (excludes halogenated alkanes) is 3. The topological polar surface area (TPSA) is 52.6 Å². The number of hydrogen-bond donors (Lipinski definition) is 0. The van der Waals surface area contributed by atoms with E-state index in [4.69, 9.17) is 9.47 Å². The van der Waals surface area contributed by atoms with E-state index in [2.05, 4.69) is 13.8 Å². The van der Waals surface area contributed by atoms with Crippen LogP contribution in [0.3, 0.4) is 0 Å². The second-order valence-electron chi connectivity index (χ2n) is 7.24. The number of carbonyl (C=O) groups is 2. The third-order valence-electron chi connectivity index (χ3n) is 3.42. The molecule has 1 rings (SSSR count). The molecule has 0 saturated carbocycles. The summed E-state index contributed by atoms with van der Waals surface area (Å²) in [5.41, 5.74) is 0.504. The molecule has 0 aliphatic carbocycles. The fraction of sp³-hybridized carbons (Fsp3) is 0.636. The van der Waals surface area contributed by atoms with Crippen molar-refractivity contribution in [2.45, 2.75) is 67.2 Å². The average Bonchev–Trinajstić information content (AvgIpc) is 2.62. The minimum Gasteiger partial charge on any atom is -0.462 e. The first-order chi connectivity index (χ1) is 12.3. The molecular weight excluding hydrogens is 328 g/mol. The van der Waals surface area contributed by atoms with Crippen LogP contribution in [-0.2, 0) is 9.47 Å². The molecule has 1 aromatic carbocycles. The quantitative estimate of drug-likeness (QED) is 0.404. The Kier molecular flexibility index (Phi) is 13.3. The van der Waals surface area contributed by atoms with Gasteiger partial charge in [0.05, 0.1) is 24.3 Å². The molecule has 0 bridgehead atoms. The number of carbonyl (C=O) groups excluding carboxylic acids is 2. The van der Waals surface area contributed by atoms with Crippen molar-refractivity contribution < 1.29 is 19.1 Å². The Balaban J connectivity index is 0.000000896. The third kappa shape index (κ3) is 10.9. The van der Waals surface area contributed by atoms with Crippen LogP contribution in [-0.4, -0.2) is 25.2 Å². The Hall–Kier alpha value is -1.84. The summed E-state index contributed by atoms with van der Waals surface area (Å²) < 4.78 is 10.3. The largest absolute Gasteiger partial charge is 0.462 e. The molecule has 0 N–H and O–H groups in total. The Morgan fingerprint density at radius 3 is 1.38 bits per heavy atom. The van der Waals surface area contributed by atoms with Crippen LogP contribution in [0.25, 0.3) is 0 Å². The van der Waals surface area contributed by atoms with Gasteiger partial charge in [-0.2, -0.15) is 0 Å². The van der Waals surface area contributed by atoms with Gasteiger partial charge in [0.25, 0.3) is 0 Å². The van der Waals surface area contributed by atoms with Gasteiger partial charge in [0.2, 0.25) is 0 Å². The first-order valence-electron chi connectivity index (χ1n) is 9.76. The maximum atomic E-state index is 12.0. The molecule has 4 heteroatoms. The SMILES string of the molecule is CC(C)COC(=O)c1ccccc1C(=O)OCC(C)C.CCCCCC. The smallest absolute Gasteiger partial charge is 0.339 e. The molecule has 0 fully saturated rings. The maximum absolute atomic E-state index is 12.0. The zero-order valence-corrected chi connectivity index (χ0v) is 17.3. The predicted molar refractivity (Wildman–Crippen MR) is 106 cm³/mol. The molecule has 4 nitrogen and oxygen atoms in total. The second kappa shape index (κ2) is 14.3. The fourth-order valence-corrected chi connectivity index (χ4v) is 1.98. The average molecular weight is 365 g/mol. The lowest BCUT2D eigenvalue weighted by Crippen LogP contribution is -2.17. The Labute approximate surface area is 159 Å². The van der Waals surface area contributed by atoms with E-state index in [1.165, 1.54) is 25.7 Å². The van der Waals surface area contributed by atoms with Gasteiger partial charge in [-0.1, -0.05) is 79.4 Å². The van der Waals surface area contributed by atoms with Crippen molar-refractivity contribution >= 4 is 11.9 Å². The van der Waals surface area contributed by atoms with Crippen LogP contribution >= 0.6 is 0 Å². The molecular formula is C22H36O4. The van der Waals surface area contributed by atoms with Crippen LogP contribution in [0.5, 0.6) is 0 Å². The lowest BCUT2D eigenvalue weighted by atomic mass is 10.1. The minimum atomic E-state index is -0.490. The Morgan fingerprint density at radius 2 is 1.12 bits per heavy atom. The summed E-state index contributed by atoms with van der Waals surface area (Å²) >= 11 is 0. The van der Waals surface area contributed by atoms with Crippen molar-refractivity contribution in [3.63, 3.8) is 0 Å². The molecule has 0 unspecified atom stereocenters. The Morgan fingerprint density at radius 1 is 0.769 bits per heavy atom. The van der Waals surface area contributed by atoms with E-state index < -0.39 is 11.9 Å². The molecule has 26 heavy (non-hydrogen) atoms. The van der Waals surface area contributed by atoms with Crippen molar-refractivity contribution in [2.24, 2.45) is 11.8 Å². The summed E-state index contributed by atoms with van der Waals surface area (Å²) in [6.45, 7) is 12.9. The molecule has 0 atom stereocenters. The maximum Gasteiger partial charge on any atom is 0.339 e. The molecule has 0 spiro atoms. The van der Waals surface area contributed by atoms with E-state index in [-0.39, 0.29) is 23.0 Å². The molecule has 1 aromatic rings. The fourth-order valence-electron chi connectivity index (χ4n) is 1.98. The van der Waals surface area contributed by atoms with E-state index in [0.717, 1.165) is 0 Å². The second-order valence-corrected chi connectivity index (χ2v) is 7.24. The van der Waals surface area contributed by atoms with Crippen LogP contribution in [0.2, 0.25) is 0 Å². The van der Waals surface area contributed by atoms with E-state index in [0.29, 0.717) is 13.2 Å². The van der Waals surface area contributed by atoms with Crippen LogP contribution in [0.15, 0.2) is 24.3 Å². The summed E-state index contributed by atoms with van der Waals surface area (Å²) in [5, 5.41) is 0. The lowest BCUT2D eigenvalue weighted by molar-refractivity contribution is 0.0412. The van der Waals surface area contributed by atoms with Crippen molar-refractivity contribution in [1.82, 2.24) is 0 Å². The highest BCUT2D eigenvalue weighted by atomic mass is 16.5. The lowest BCUT2D eigenvalue weighted by Gasteiger charge is -2.11. The summed E-state index contributed by atoms with van der Waals surface area (Å²) in [7, 11) is 0. The van der Waals surface area contributed by atoms with Crippen LogP contribution in [0.1, 0.15) is 87.9 Å². The van der Waals surface area contributed by atoms with Gasteiger partial charge in [-0.15, -0.1) is 0 Å². The number of rotatable bonds is 9. The van der Waals surface area contributed by atoms with E-state index in [1.807, 2.05) is 27.7 Å². The summed E-state index contributed by atoms with van der Waals surface area (Å²) in [6, 6.07) is 6.56. The number of hydrogen-bond acceptors (Lipinski definition) is 4. The van der Waals surface area contributed by atoms with Gasteiger partial charge in [-0.05, 0) is 24.0 Å². The number of ether oxygens (including phenoxy) is 2. The minimum absolute atomic E-state index is 0.249. The summed E-state index contributed by atoms with van der Waals surface area (Å²) in [5.74, 6) is -0.482. The number of esters is 2. The van der Waals surface area contributed by atoms with Gasteiger partial charge in [0.1, 0.15) is 0 Å². The highest BCUT2D eigenvalue weighted by molar-refractivity contribution is 6.03. The molecule has 0 amide bonds. The zero-order chi connectivity index (χ0) is 19.9. The third-order valence-corrected chi connectivity index (χ3v) is 3.42. The molecule has 0 radical (unpaired) electrons. The van der Waals surface area contributed by atoms with Gasteiger partial charge in [0, 0.05) is 0 Å². The van der Waals surface area contributed by atoms with Gasteiger partial charge in [-0.3, -0.25) is 0 Å². The highest BCUT2D eigenvalue weighted by Crippen LogP contribution is 2.13. The molecule has 0 saturated heterocycles. The summed E-state index contributed by atoms with van der Waals surface area (Å²) in [4.78, 5) is 24.0. The predicted octanol–water partition coefficient (Wildman–Crippen LogP) is 5.90. The van der Waals surface area contributed by atoms with Gasteiger partial charge in [0.15, 0.2) is 0 Å². The van der Waals surface area contributed by atoms with E-state index in [1.54, 1.807) is 24.3 Å². The van der Waals surface area contributed by atoms with Gasteiger partial charge < -0.3 is 9.47 Å². The molecule has 148 valence electrons. The summed E-state index contributed by atoms with van der Waals surface area (Å²) in [6.07, 6.45) is 5.54. The normalized spacial score (nSPS) is 10.3. The molecule has 0 heterocycles. The Bertz CT molecular complexity index is 474.